The van der Waals surface area contributed by atoms with Gasteiger partial charge in [0.1, 0.15) is 5.75 Å². The van der Waals surface area contributed by atoms with Gasteiger partial charge in [-0.05, 0) is 42.5 Å². The summed E-state index contributed by atoms with van der Waals surface area (Å²) in [6.07, 6.45) is 7.13. The number of amides is 1. The van der Waals surface area contributed by atoms with Crippen LogP contribution in [0, 0.1) is 0 Å². The number of rotatable bonds is 5. The number of nitrogens with zero attached hydrogens (tertiary/aromatic N) is 2. The van der Waals surface area contributed by atoms with Crippen LogP contribution in [0.5, 0.6) is 5.75 Å². The summed E-state index contributed by atoms with van der Waals surface area (Å²) in [5, 5.41) is 0.686. The Morgan fingerprint density at radius 2 is 1.81 bits per heavy atom. The van der Waals surface area contributed by atoms with Gasteiger partial charge in [0.2, 0.25) is 10.0 Å². The van der Waals surface area contributed by atoms with E-state index in [2.05, 4.69) is 0 Å². The maximum atomic E-state index is 12.5. The first kappa shape index (κ1) is 20.4. The molecule has 0 aromatic heterocycles. The molecule has 2 fully saturated rings. The molecule has 0 bridgehead atoms. The van der Waals surface area contributed by atoms with Crippen LogP contribution in [0.4, 0.5) is 0 Å². The number of sulfonamides is 1. The van der Waals surface area contributed by atoms with E-state index in [-0.39, 0.29) is 12.5 Å². The minimum Gasteiger partial charge on any atom is -0.483 e. The minimum absolute atomic E-state index is 0.0414. The highest BCUT2D eigenvalue weighted by atomic mass is 35.5. The summed E-state index contributed by atoms with van der Waals surface area (Å²) in [7, 11) is -3.20. The Labute approximate surface area is 166 Å². The predicted octanol–water partition coefficient (Wildman–Crippen LogP) is 2.87. The minimum atomic E-state index is -3.20. The predicted molar refractivity (Wildman–Crippen MR) is 106 cm³/mol. The van der Waals surface area contributed by atoms with E-state index in [1.807, 2.05) is 12.1 Å². The number of piperazine rings is 1. The molecule has 3 rings (SSSR count). The second-order valence-corrected chi connectivity index (χ2v) is 9.77. The van der Waals surface area contributed by atoms with Crippen LogP contribution in [0.25, 0.3) is 0 Å². The molecule has 27 heavy (non-hydrogen) atoms. The Bertz CT molecular complexity index is 770. The Kier molecular flexibility index (Phi) is 6.65. The molecule has 1 aromatic rings. The van der Waals surface area contributed by atoms with Crippen LogP contribution in [0.2, 0.25) is 5.02 Å². The second-order valence-electron chi connectivity index (χ2n) is 7.35. The molecule has 0 spiro atoms. The van der Waals surface area contributed by atoms with Crippen molar-refractivity contribution in [3.05, 3.63) is 28.8 Å². The fourth-order valence-corrected chi connectivity index (χ4v) is 4.89. The molecular weight excluding hydrogens is 388 g/mol. The molecule has 2 aliphatic rings. The number of carbonyl (C=O) groups is 1. The summed E-state index contributed by atoms with van der Waals surface area (Å²) in [6, 6.07) is 5.60. The molecule has 8 heteroatoms. The summed E-state index contributed by atoms with van der Waals surface area (Å²) in [6.45, 7) is 1.41. The van der Waals surface area contributed by atoms with E-state index >= 15 is 0 Å². The van der Waals surface area contributed by atoms with E-state index in [4.69, 9.17) is 16.3 Å². The molecule has 1 heterocycles. The van der Waals surface area contributed by atoms with Gasteiger partial charge in [0.25, 0.3) is 5.91 Å². The van der Waals surface area contributed by atoms with E-state index in [1.165, 1.54) is 29.8 Å². The zero-order valence-electron chi connectivity index (χ0n) is 15.7. The van der Waals surface area contributed by atoms with Crippen molar-refractivity contribution >= 4 is 27.5 Å². The molecule has 1 aliphatic heterocycles. The molecule has 6 nitrogen and oxygen atoms in total. The zero-order valence-corrected chi connectivity index (χ0v) is 17.3. The second kappa shape index (κ2) is 8.80. The van der Waals surface area contributed by atoms with Crippen molar-refractivity contribution in [2.45, 2.75) is 38.0 Å². The number of benzene rings is 1. The van der Waals surface area contributed by atoms with Gasteiger partial charge in [-0.2, -0.15) is 4.31 Å². The Morgan fingerprint density at radius 3 is 2.44 bits per heavy atom. The van der Waals surface area contributed by atoms with Crippen molar-refractivity contribution < 1.29 is 17.9 Å². The van der Waals surface area contributed by atoms with Gasteiger partial charge in [0.05, 0.1) is 6.26 Å². The lowest BCUT2D eigenvalue weighted by Crippen LogP contribution is -2.51. The number of carbonyl (C=O) groups excluding carboxylic acids is 1. The lowest BCUT2D eigenvalue weighted by molar-refractivity contribution is -0.134. The molecule has 0 unspecified atom stereocenters. The van der Waals surface area contributed by atoms with Crippen molar-refractivity contribution in [2.24, 2.45) is 0 Å². The Balaban J connectivity index is 1.59. The van der Waals surface area contributed by atoms with E-state index in [0.29, 0.717) is 37.1 Å². The van der Waals surface area contributed by atoms with E-state index < -0.39 is 10.0 Å². The summed E-state index contributed by atoms with van der Waals surface area (Å²) in [4.78, 5) is 14.2. The van der Waals surface area contributed by atoms with Gasteiger partial charge in [-0.1, -0.05) is 30.9 Å². The zero-order chi connectivity index (χ0) is 19.4. The van der Waals surface area contributed by atoms with Gasteiger partial charge in [-0.15, -0.1) is 0 Å². The van der Waals surface area contributed by atoms with E-state index in [1.54, 1.807) is 11.0 Å². The Morgan fingerprint density at radius 1 is 1.15 bits per heavy atom. The topological polar surface area (TPSA) is 66.9 Å². The third kappa shape index (κ3) is 5.36. The first-order valence-corrected chi connectivity index (χ1v) is 11.7. The highest BCUT2D eigenvalue weighted by molar-refractivity contribution is 7.88. The molecule has 150 valence electrons. The van der Waals surface area contributed by atoms with Gasteiger partial charge in [0, 0.05) is 31.2 Å². The quantitative estimate of drug-likeness (QED) is 0.743. The number of hydrogen-bond acceptors (Lipinski definition) is 4. The highest BCUT2D eigenvalue weighted by Crippen LogP contribution is 2.38. The molecule has 1 amide bonds. The molecule has 1 aliphatic carbocycles. The number of halogens is 1. The van der Waals surface area contributed by atoms with Crippen molar-refractivity contribution in [3.63, 3.8) is 0 Å². The van der Waals surface area contributed by atoms with Gasteiger partial charge in [-0.25, -0.2) is 8.42 Å². The lowest BCUT2D eigenvalue weighted by Gasteiger charge is -2.33. The molecule has 0 atom stereocenters. The van der Waals surface area contributed by atoms with Crippen molar-refractivity contribution in [1.82, 2.24) is 9.21 Å². The van der Waals surface area contributed by atoms with Gasteiger partial charge < -0.3 is 9.64 Å². The van der Waals surface area contributed by atoms with Crippen LogP contribution in [0.15, 0.2) is 18.2 Å². The van der Waals surface area contributed by atoms with E-state index in [9.17, 15) is 13.2 Å². The van der Waals surface area contributed by atoms with Crippen molar-refractivity contribution in [3.8, 4) is 5.75 Å². The van der Waals surface area contributed by atoms with Crippen molar-refractivity contribution in [1.29, 1.82) is 0 Å². The number of hydrogen-bond donors (Lipinski definition) is 0. The smallest absolute Gasteiger partial charge is 0.260 e. The lowest BCUT2D eigenvalue weighted by atomic mass is 9.84. The summed E-state index contributed by atoms with van der Waals surface area (Å²) in [5.41, 5.74) is 1.09. The first-order chi connectivity index (χ1) is 12.8. The average molecular weight is 415 g/mol. The average Bonchev–Trinajstić information content (AvgIpc) is 2.67. The van der Waals surface area contributed by atoms with Gasteiger partial charge in [0.15, 0.2) is 6.61 Å². The SMILES string of the molecule is CS(=O)(=O)N1CCN(C(=O)COc2ccc(Cl)cc2C2CCCCC2)CC1. The first-order valence-electron chi connectivity index (χ1n) is 9.50. The van der Waals surface area contributed by atoms with Crippen LogP contribution in [-0.4, -0.2) is 62.6 Å². The molecule has 1 saturated heterocycles. The fourth-order valence-electron chi connectivity index (χ4n) is 3.88. The molecule has 1 aromatic carbocycles. The van der Waals surface area contributed by atoms with Gasteiger partial charge >= 0.3 is 0 Å². The summed E-state index contributed by atoms with van der Waals surface area (Å²) in [5.74, 6) is 1.04. The normalized spacial score (nSPS) is 19.9. The third-order valence-corrected chi connectivity index (χ3v) is 6.97. The van der Waals surface area contributed by atoms with Crippen LogP contribution >= 0.6 is 11.6 Å². The van der Waals surface area contributed by atoms with Crippen LogP contribution in [-0.2, 0) is 14.8 Å². The van der Waals surface area contributed by atoms with Gasteiger partial charge in [-0.3, -0.25) is 4.79 Å². The molecule has 0 radical (unpaired) electrons. The van der Waals surface area contributed by atoms with Crippen LogP contribution in [0.3, 0.4) is 0 Å². The third-order valence-electron chi connectivity index (χ3n) is 5.43. The molecule has 1 saturated carbocycles. The highest BCUT2D eigenvalue weighted by Gasteiger charge is 2.26. The fraction of sp³-hybridized carbons (Fsp3) is 0.632. The number of ether oxygens (including phenoxy) is 1. The molecular formula is C19H27ClN2O4S. The maximum Gasteiger partial charge on any atom is 0.260 e. The summed E-state index contributed by atoms with van der Waals surface area (Å²) < 4.78 is 30.4. The molecule has 0 N–H and O–H groups in total. The van der Waals surface area contributed by atoms with Crippen LogP contribution in [0.1, 0.15) is 43.6 Å². The largest absolute Gasteiger partial charge is 0.483 e. The van der Waals surface area contributed by atoms with Crippen molar-refractivity contribution in [2.75, 3.05) is 39.0 Å². The monoisotopic (exact) mass is 414 g/mol. The maximum absolute atomic E-state index is 12.5. The van der Waals surface area contributed by atoms with E-state index in [0.717, 1.165) is 24.2 Å². The Hall–Kier alpha value is -1.31. The van der Waals surface area contributed by atoms with Crippen LogP contribution < -0.4 is 4.74 Å². The standard InChI is InChI=1S/C19H27ClN2O4S/c1-27(24,25)22-11-9-21(10-12-22)19(23)14-26-18-8-7-16(20)13-17(18)15-5-3-2-4-6-15/h7-8,13,15H,2-6,9-12,14H2,1H3. The summed E-state index contributed by atoms with van der Waals surface area (Å²) >= 11 is 6.19.